The lowest BCUT2D eigenvalue weighted by Crippen LogP contribution is -2.24. The van der Waals surface area contributed by atoms with Gasteiger partial charge in [-0.1, -0.05) is 12.1 Å². The van der Waals surface area contributed by atoms with Crippen LogP contribution in [0.3, 0.4) is 0 Å². The largest absolute Gasteiger partial charge is 0.491 e. The monoisotopic (exact) mass is 263 g/mol. The highest BCUT2D eigenvalue weighted by Crippen LogP contribution is 2.30. The van der Waals surface area contributed by atoms with Gasteiger partial charge in [0.05, 0.1) is 11.7 Å². The van der Waals surface area contributed by atoms with E-state index in [4.69, 9.17) is 15.2 Å². The Morgan fingerprint density at radius 3 is 2.74 bits per heavy atom. The van der Waals surface area contributed by atoms with Crippen LogP contribution in [0.1, 0.15) is 50.8 Å². The second-order valence-electron chi connectivity index (χ2n) is 6.16. The van der Waals surface area contributed by atoms with Crippen LogP contribution in [0, 0.1) is 6.92 Å². The number of ether oxygens (including phenoxy) is 2. The molecule has 1 aromatic carbocycles. The van der Waals surface area contributed by atoms with Gasteiger partial charge in [0.1, 0.15) is 12.4 Å². The van der Waals surface area contributed by atoms with Crippen LogP contribution in [0.2, 0.25) is 0 Å². The van der Waals surface area contributed by atoms with Crippen LogP contribution in [0.25, 0.3) is 0 Å². The van der Waals surface area contributed by atoms with Crippen molar-refractivity contribution in [3.05, 3.63) is 29.3 Å². The van der Waals surface area contributed by atoms with Gasteiger partial charge in [0.15, 0.2) is 0 Å². The fourth-order valence-electron chi connectivity index (χ4n) is 2.50. The minimum Gasteiger partial charge on any atom is -0.491 e. The topological polar surface area (TPSA) is 44.5 Å². The molecule has 106 valence electrons. The molecule has 1 aromatic rings. The van der Waals surface area contributed by atoms with E-state index in [1.54, 1.807) is 0 Å². The maximum absolute atomic E-state index is 5.93. The third-order valence-corrected chi connectivity index (χ3v) is 3.70. The Labute approximate surface area is 116 Å². The normalized spacial score (nSPS) is 23.3. The highest BCUT2D eigenvalue weighted by atomic mass is 16.6. The summed E-state index contributed by atoms with van der Waals surface area (Å²) in [6, 6.07) is 6.20. The molecule has 2 rings (SSSR count). The molecule has 3 heteroatoms. The molecule has 19 heavy (non-hydrogen) atoms. The van der Waals surface area contributed by atoms with Gasteiger partial charge in [0.2, 0.25) is 0 Å². The fraction of sp³-hybridized carbons (Fsp3) is 0.625. The smallest absolute Gasteiger partial charge is 0.122 e. The van der Waals surface area contributed by atoms with Crippen molar-refractivity contribution in [3.8, 4) is 5.75 Å². The van der Waals surface area contributed by atoms with Gasteiger partial charge < -0.3 is 15.2 Å². The molecule has 1 saturated heterocycles. The summed E-state index contributed by atoms with van der Waals surface area (Å²) in [7, 11) is 0. The minimum absolute atomic E-state index is 0.00190. The minimum atomic E-state index is 0.00190. The van der Waals surface area contributed by atoms with Crippen molar-refractivity contribution >= 4 is 0 Å². The number of hydrogen-bond donors (Lipinski definition) is 1. The Kier molecular flexibility index (Phi) is 4.16. The molecule has 0 aliphatic carbocycles. The molecule has 1 aliphatic rings. The molecule has 2 N–H and O–H groups in total. The third kappa shape index (κ3) is 3.71. The van der Waals surface area contributed by atoms with Crippen LogP contribution >= 0.6 is 0 Å². The molecule has 0 amide bonds. The zero-order valence-corrected chi connectivity index (χ0v) is 12.4. The van der Waals surface area contributed by atoms with Crippen molar-refractivity contribution in [2.45, 2.75) is 58.3 Å². The molecule has 1 fully saturated rings. The molecular weight excluding hydrogens is 238 g/mol. The van der Waals surface area contributed by atoms with E-state index >= 15 is 0 Å². The summed E-state index contributed by atoms with van der Waals surface area (Å²) in [6.07, 6.45) is 2.38. The lowest BCUT2D eigenvalue weighted by atomic mass is 10.1. The molecule has 3 nitrogen and oxygen atoms in total. The van der Waals surface area contributed by atoms with E-state index < -0.39 is 0 Å². The average molecular weight is 263 g/mol. The number of aryl methyl sites for hydroxylation is 1. The lowest BCUT2D eigenvalue weighted by Gasteiger charge is -2.20. The van der Waals surface area contributed by atoms with Gasteiger partial charge in [-0.3, -0.25) is 0 Å². The molecule has 0 radical (unpaired) electrons. The van der Waals surface area contributed by atoms with Crippen LogP contribution in [0.5, 0.6) is 5.75 Å². The first-order valence-corrected chi connectivity index (χ1v) is 7.04. The molecular formula is C16H25NO2. The zero-order valence-electron chi connectivity index (χ0n) is 12.4. The number of benzene rings is 1. The van der Waals surface area contributed by atoms with Crippen LogP contribution < -0.4 is 10.5 Å². The summed E-state index contributed by atoms with van der Waals surface area (Å²) in [4.78, 5) is 0. The van der Waals surface area contributed by atoms with E-state index in [1.165, 1.54) is 0 Å². The second kappa shape index (κ2) is 5.51. The number of nitrogens with two attached hydrogens (primary N) is 1. The molecule has 1 heterocycles. The van der Waals surface area contributed by atoms with Gasteiger partial charge >= 0.3 is 0 Å². The standard InChI is InChI=1S/C16H25NO2/c1-11-9-13(12(2)17)5-6-15(11)18-10-14-7-8-16(3,4)19-14/h5-6,9,12,14H,7-8,10,17H2,1-4H3. The van der Waals surface area contributed by atoms with Crippen molar-refractivity contribution in [3.63, 3.8) is 0 Å². The van der Waals surface area contributed by atoms with E-state index in [0.717, 1.165) is 29.7 Å². The Morgan fingerprint density at radius 1 is 1.47 bits per heavy atom. The van der Waals surface area contributed by atoms with Crippen LogP contribution in [-0.4, -0.2) is 18.3 Å². The number of hydrogen-bond acceptors (Lipinski definition) is 3. The summed E-state index contributed by atoms with van der Waals surface area (Å²) < 4.78 is 11.8. The first-order valence-electron chi connectivity index (χ1n) is 7.04. The molecule has 2 unspecified atom stereocenters. The molecule has 2 atom stereocenters. The Morgan fingerprint density at radius 2 is 2.21 bits per heavy atom. The van der Waals surface area contributed by atoms with Gasteiger partial charge in [0, 0.05) is 6.04 Å². The quantitative estimate of drug-likeness (QED) is 0.906. The molecule has 0 spiro atoms. The third-order valence-electron chi connectivity index (χ3n) is 3.70. The lowest BCUT2D eigenvalue weighted by molar-refractivity contribution is -0.0327. The molecule has 0 bridgehead atoms. The van der Waals surface area contributed by atoms with E-state index in [0.29, 0.717) is 6.61 Å². The Bertz CT molecular complexity index is 440. The Balaban J connectivity index is 1.93. The summed E-state index contributed by atoms with van der Waals surface area (Å²) in [6.45, 7) is 8.94. The first kappa shape index (κ1) is 14.4. The molecule has 0 aromatic heterocycles. The Hall–Kier alpha value is -1.06. The van der Waals surface area contributed by atoms with Gasteiger partial charge in [-0.25, -0.2) is 0 Å². The second-order valence-corrected chi connectivity index (χ2v) is 6.16. The van der Waals surface area contributed by atoms with Gasteiger partial charge in [-0.2, -0.15) is 0 Å². The zero-order chi connectivity index (χ0) is 14.0. The average Bonchev–Trinajstić information content (AvgIpc) is 2.67. The highest BCUT2D eigenvalue weighted by Gasteiger charge is 2.31. The van der Waals surface area contributed by atoms with Crippen molar-refractivity contribution in [2.24, 2.45) is 5.73 Å². The van der Waals surface area contributed by atoms with Crippen molar-refractivity contribution in [2.75, 3.05) is 6.61 Å². The van der Waals surface area contributed by atoms with E-state index in [2.05, 4.69) is 26.8 Å². The fourth-order valence-corrected chi connectivity index (χ4v) is 2.50. The van der Waals surface area contributed by atoms with E-state index in [1.807, 2.05) is 19.1 Å². The van der Waals surface area contributed by atoms with Crippen molar-refractivity contribution < 1.29 is 9.47 Å². The number of rotatable bonds is 4. The summed E-state index contributed by atoms with van der Waals surface area (Å²) in [5, 5.41) is 0. The summed E-state index contributed by atoms with van der Waals surface area (Å²) in [5.74, 6) is 0.928. The van der Waals surface area contributed by atoms with Crippen LogP contribution in [0.15, 0.2) is 18.2 Å². The summed E-state index contributed by atoms with van der Waals surface area (Å²) in [5.41, 5.74) is 8.15. The van der Waals surface area contributed by atoms with Gasteiger partial charge in [-0.05, 0) is 57.7 Å². The van der Waals surface area contributed by atoms with E-state index in [-0.39, 0.29) is 17.7 Å². The van der Waals surface area contributed by atoms with Crippen LogP contribution in [-0.2, 0) is 4.74 Å². The first-order chi connectivity index (χ1) is 8.87. The van der Waals surface area contributed by atoms with Crippen molar-refractivity contribution in [1.29, 1.82) is 0 Å². The highest BCUT2D eigenvalue weighted by molar-refractivity contribution is 5.37. The van der Waals surface area contributed by atoms with Gasteiger partial charge in [-0.15, -0.1) is 0 Å². The summed E-state index contributed by atoms with van der Waals surface area (Å²) >= 11 is 0. The van der Waals surface area contributed by atoms with Crippen LogP contribution in [0.4, 0.5) is 0 Å². The SMILES string of the molecule is Cc1cc(C(C)N)ccc1OCC1CCC(C)(C)O1. The maximum atomic E-state index is 5.93. The predicted molar refractivity (Wildman–Crippen MR) is 77.5 cm³/mol. The van der Waals surface area contributed by atoms with Gasteiger partial charge in [0.25, 0.3) is 0 Å². The van der Waals surface area contributed by atoms with Crippen molar-refractivity contribution in [1.82, 2.24) is 0 Å². The van der Waals surface area contributed by atoms with E-state index in [9.17, 15) is 0 Å². The predicted octanol–water partition coefficient (Wildman–Crippen LogP) is 3.35. The molecule has 1 aliphatic heterocycles. The maximum Gasteiger partial charge on any atom is 0.122 e. The molecule has 0 saturated carbocycles.